The molecule has 1 fully saturated rings. The number of aliphatic imine (C=N–C) groups is 1. The van der Waals surface area contributed by atoms with Gasteiger partial charge in [0.1, 0.15) is 13.1 Å². The molecule has 2 aromatic rings. The Kier molecular flexibility index (Phi) is 6.94. The van der Waals surface area contributed by atoms with Gasteiger partial charge in [0.25, 0.3) is 0 Å². The van der Waals surface area contributed by atoms with Gasteiger partial charge in [-0.3, -0.25) is 9.48 Å². The first-order valence-corrected chi connectivity index (χ1v) is 8.18. The molecule has 11 heteroatoms. The zero-order valence-corrected chi connectivity index (χ0v) is 17.4. The molecule has 1 amide bonds. The summed E-state index contributed by atoms with van der Waals surface area (Å²) in [6.07, 6.45) is 3.54. The first kappa shape index (κ1) is 20.1. The summed E-state index contributed by atoms with van der Waals surface area (Å²) in [4.78, 5) is 24.8. The van der Waals surface area contributed by atoms with E-state index in [-0.39, 0.29) is 43.0 Å². The van der Waals surface area contributed by atoms with Crippen LogP contribution in [0.15, 0.2) is 21.9 Å². The molecule has 0 saturated carbocycles. The van der Waals surface area contributed by atoms with Crippen molar-refractivity contribution in [2.75, 3.05) is 31.1 Å². The van der Waals surface area contributed by atoms with Gasteiger partial charge in [0.2, 0.25) is 11.8 Å². The molecular weight excluding hydrogens is 451 g/mol. The highest BCUT2D eigenvalue weighted by Gasteiger charge is 2.27. The Hall–Kier alpha value is -2.18. The minimum absolute atomic E-state index is 0. The number of amides is 1. The van der Waals surface area contributed by atoms with Crippen LogP contribution < -0.4 is 10.2 Å². The molecule has 0 spiro atoms. The van der Waals surface area contributed by atoms with Crippen molar-refractivity contribution in [3.8, 4) is 0 Å². The van der Waals surface area contributed by atoms with Gasteiger partial charge in [0.05, 0.1) is 11.9 Å². The second kappa shape index (κ2) is 8.96. The van der Waals surface area contributed by atoms with E-state index < -0.39 is 0 Å². The molecule has 2 aromatic heterocycles. The summed E-state index contributed by atoms with van der Waals surface area (Å²) in [6, 6.07) is 0. The molecule has 1 N–H and O–H groups in total. The molecule has 1 aliphatic heterocycles. The van der Waals surface area contributed by atoms with Crippen LogP contribution >= 0.6 is 24.0 Å². The largest absolute Gasteiger partial charge is 0.356 e. The molecule has 0 unspecified atom stereocenters. The van der Waals surface area contributed by atoms with Gasteiger partial charge in [0.15, 0.2) is 11.8 Å². The number of carbonyl (C=O) groups is 1. The minimum Gasteiger partial charge on any atom is -0.356 e. The number of nitrogens with zero attached hydrogens (tertiary/aromatic N) is 7. The second-order valence-electron chi connectivity index (χ2n) is 5.74. The number of piperazine rings is 1. The highest BCUT2D eigenvalue weighted by Crippen LogP contribution is 2.16. The molecule has 0 aliphatic carbocycles. The summed E-state index contributed by atoms with van der Waals surface area (Å²) in [5.74, 6) is 1.71. The monoisotopic (exact) mass is 474 g/mol. The molecule has 0 atom stereocenters. The second-order valence-corrected chi connectivity index (χ2v) is 5.74. The van der Waals surface area contributed by atoms with Crippen LogP contribution in [-0.4, -0.2) is 62.9 Å². The SMILES string of the molecule is CCNC(=NCc1nc(C)no1)N1CCN(c2cnn(C)c2)C(=O)C1.I. The van der Waals surface area contributed by atoms with Crippen molar-refractivity contribution in [3.63, 3.8) is 0 Å². The summed E-state index contributed by atoms with van der Waals surface area (Å²) in [7, 11) is 1.83. The normalized spacial score (nSPS) is 15.2. The van der Waals surface area contributed by atoms with Gasteiger partial charge in [-0.2, -0.15) is 10.1 Å². The standard InChI is InChI=1S/C15H22N8O2.HI/c1-4-16-15(17-8-13-19-11(2)20-25-13)22-5-6-23(14(24)10-22)12-7-18-21(3)9-12;/h7,9H,4-6,8,10H2,1-3H3,(H,16,17);1H. The predicted octanol–water partition coefficient (Wildman–Crippen LogP) is 0.544. The van der Waals surface area contributed by atoms with Crippen molar-refractivity contribution < 1.29 is 9.32 Å². The molecule has 0 bridgehead atoms. The van der Waals surface area contributed by atoms with Gasteiger partial charge in [-0.1, -0.05) is 5.16 Å². The van der Waals surface area contributed by atoms with Crippen molar-refractivity contribution in [3.05, 3.63) is 24.1 Å². The number of hydrogen-bond donors (Lipinski definition) is 1. The Labute approximate surface area is 168 Å². The number of rotatable bonds is 4. The quantitative estimate of drug-likeness (QED) is 0.392. The number of guanidine groups is 1. The molecule has 142 valence electrons. The lowest BCUT2D eigenvalue weighted by atomic mass is 10.3. The fourth-order valence-electron chi connectivity index (χ4n) is 2.65. The van der Waals surface area contributed by atoms with Gasteiger partial charge in [-0.25, -0.2) is 4.99 Å². The Morgan fingerprint density at radius 2 is 2.23 bits per heavy atom. The Bertz CT molecular complexity index is 771. The smallest absolute Gasteiger partial charge is 0.248 e. The lowest BCUT2D eigenvalue weighted by molar-refractivity contribution is -0.120. The third-order valence-corrected chi connectivity index (χ3v) is 3.79. The van der Waals surface area contributed by atoms with Gasteiger partial charge in [-0.05, 0) is 13.8 Å². The van der Waals surface area contributed by atoms with Gasteiger partial charge in [0, 0.05) is 32.9 Å². The van der Waals surface area contributed by atoms with E-state index in [1.807, 2.05) is 25.1 Å². The molecule has 0 aromatic carbocycles. The van der Waals surface area contributed by atoms with E-state index in [2.05, 4.69) is 25.5 Å². The maximum Gasteiger partial charge on any atom is 0.248 e. The Morgan fingerprint density at radius 1 is 1.42 bits per heavy atom. The molecule has 3 heterocycles. The van der Waals surface area contributed by atoms with Crippen LogP contribution in [0.5, 0.6) is 0 Å². The summed E-state index contributed by atoms with van der Waals surface area (Å²) in [5, 5.41) is 11.1. The Balaban J connectivity index is 0.00000243. The first-order valence-electron chi connectivity index (χ1n) is 8.18. The van der Waals surface area contributed by atoms with Crippen LogP contribution in [0.2, 0.25) is 0 Å². The number of hydrogen-bond acceptors (Lipinski definition) is 6. The number of halogens is 1. The van der Waals surface area contributed by atoms with Gasteiger partial charge < -0.3 is 19.6 Å². The summed E-state index contributed by atoms with van der Waals surface area (Å²) < 4.78 is 6.77. The van der Waals surface area contributed by atoms with Crippen molar-refractivity contribution in [1.29, 1.82) is 0 Å². The van der Waals surface area contributed by atoms with E-state index in [1.54, 1.807) is 22.7 Å². The van der Waals surface area contributed by atoms with E-state index in [0.717, 1.165) is 5.69 Å². The van der Waals surface area contributed by atoms with Crippen molar-refractivity contribution in [1.82, 2.24) is 30.1 Å². The first-order chi connectivity index (χ1) is 12.1. The zero-order valence-electron chi connectivity index (χ0n) is 15.0. The van der Waals surface area contributed by atoms with Crippen LogP contribution in [0.25, 0.3) is 0 Å². The Morgan fingerprint density at radius 3 is 2.81 bits per heavy atom. The van der Waals surface area contributed by atoms with E-state index >= 15 is 0 Å². The predicted molar refractivity (Wildman–Crippen MR) is 106 cm³/mol. The van der Waals surface area contributed by atoms with Crippen LogP contribution in [0.4, 0.5) is 5.69 Å². The minimum atomic E-state index is 0. The number of anilines is 1. The average Bonchev–Trinajstić information content (AvgIpc) is 3.19. The lowest BCUT2D eigenvalue weighted by Crippen LogP contribution is -2.55. The highest BCUT2D eigenvalue weighted by molar-refractivity contribution is 14.0. The van der Waals surface area contributed by atoms with Gasteiger partial charge >= 0.3 is 0 Å². The number of aromatic nitrogens is 4. The molecular formula is C15H23IN8O2. The van der Waals surface area contributed by atoms with Crippen LogP contribution in [0, 0.1) is 6.92 Å². The van der Waals surface area contributed by atoms with Crippen molar-refractivity contribution >= 4 is 41.5 Å². The summed E-state index contributed by atoms with van der Waals surface area (Å²) >= 11 is 0. The summed E-state index contributed by atoms with van der Waals surface area (Å²) in [5.41, 5.74) is 0.815. The van der Waals surface area contributed by atoms with Crippen LogP contribution in [0.3, 0.4) is 0 Å². The molecule has 10 nitrogen and oxygen atoms in total. The average molecular weight is 474 g/mol. The van der Waals surface area contributed by atoms with Gasteiger partial charge in [-0.15, -0.1) is 24.0 Å². The fraction of sp³-hybridized carbons (Fsp3) is 0.533. The van der Waals surface area contributed by atoms with Crippen molar-refractivity contribution in [2.24, 2.45) is 12.0 Å². The number of carbonyl (C=O) groups excluding carboxylic acids is 1. The number of nitrogens with one attached hydrogen (secondary N) is 1. The lowest BCUT2D eigenvalue weighted by Gasteiger charge is -2.35. The van der Waals surface area contributed by atoms with E-state index in [4.69, 9.17) is 4.52 Å². The molecule has 3 rings (SSSR count). The topological polar surface area (TPSA) is 105 Å². The fourth-order valence-corrected chi connectivity index (χ4v) is 2.65. The molecule has 1 aliphatic rings. The third kappa shape index (κ3) is 4.71. The van der Waals surface area contributed by atoms with E-state index in [9.17, 15) is 4.79 Å². The van der Waals surface area contributed by atoms with E-state index in [0.29, 0.717) is 37.3 Å². The zero-order chi connectivity index (χ0) is 17.8. The molecule has 1 saturated heterocycles. The number of aryl methyl sites for hydroxylation is 2. The molecule has 26 heavy (non-hydrogen) atoms. The molecule has 0 radical (unpaired) electrons. The third-order valence-electron chi connectivity index (χ3n) is 3.79. The highest BCUT2D eigenvalue weighted by atomic mass is 127. The van der Waals surface area contributed by atoms with E-state index in [1.165, 1.54) is 0 Å². The summed E-state index contributed by atoms with van der Waals surface area (Å²) in [6.45, 7) is 6.24. The van der Waals surface area contributed by atoms with Crippen molar-refractivity contribution in [2.45, 2.75) is 20.4 Å². The van der Waals surface area contributed by atoms with Crippen LogP contribution in [0.1, 0.15) is 18.6 Å². The maximum absolute atomic E-state index is 12.5. The maximum atomic E-state index is 12.5. The van der Waals surface area contributed by atoms with Crippen LogP contribution in [-0.2, 0) is 18.4 Å².